The predicted octanol–water partition coefficient (Wildman–Crippen LogP) is -3.04. The van der Waals surface area contributed by atoms with Gasteiger partial charge in [0.2, 0.25) is 0 Å². The molecule has 1 aromatic rings. The SMILES string of the molecule is O=C([O-])c1ccccc1[N+](=O)[O-].[Na+]. The van der Waals surface area contributed by atoms with Gasteiger partial charge in [-0.25, -0.2) is 0 Å². The van der Waals surface area contributed by atoms with Crippen molar-refractivity contribution in [3.63, 3.8) is 0 Å². The molecular weight excluding hydrogens is 185 g/mol. The number of aromatic carboxylic acids is 1. The fourth-order valence-electron chi connectivity index (χ4n) is 0.805. The van der Waals surface area contributed by atoms with Gasteiger partial charge in [-0.3, -0.25) is 10.1 Å². The van der Waals surface area contributed by atoms with Crippen molar-refractivity contribution in [3.8, 4) is 0 Å². The summed E-state index contributed by atoms with van der Waals surface area (Å²) in [4.78, 5) is 19.8. The van der Waals surface area contributed by atoms with E-state index in [2.05, 4.69) is 0 Å². The molecule has 0 aliphatic heterocycles. The van der Waals surface area contributed by atoms with E-state index in [1.165, 1.54) is 12.1 Å². The molecule has 0 saturated heterocycles. The van der Waals surface area contributed by atoms with E-state index in [-0.39, 0.29) is 29.6 Å². The normalized spacial score (nSPS) is 8.62. The van der Waals surface area contributed by atoms with Crippen LogP contribution in [0.5, 0.6) is 0 Å². The van der Waals surface area contributed by atoms with Gasteiger partial charge in [-0.15, -0.1) is 0 Å². The van der Waals surface area contributed by atoms with Crippen LogP contribution in [0.3, 0.4) is 0 Å². The van der Waals surface area contributed by atoms with Crippen LogP contribution in [-0.2, 0) is 0 Å². The number of hydrogen-bond donors (Lipinski definition) is 0. The zero-order valence-electron chi connectivity index (χ0n) is 6.89. The molecule has 0 aliphatic rings. The Morgan fingerprint density at radius 1 is 1.31 bits per heavy atom. The number of carboxylic acid groups (broad SMARTS) is 1. The van der Waals surface area contributed by atoms with Gasteiger partial charge in [-0.1, -0.05) is 12.1 Å². The Labute approximate surface area is 95.8 Å². The Morgan fingerprint density at radius 2 is 1.85 bits per heavy atom. The van der Waals surface area contributed by atoms with Crippen LogP contribution < -0.4 is 34.7 Å². The maximum Gasteiger partial charge on any atom is 1.00 e. The molecular formula is C7H4NNaO4. The Hall–Kier alpha value is -0.910. The van der Waals surface area contributed by atoms with Crippen LogP contribution in [-0.4, -0.2) is 10.9 Å². The Morgan fingerprint density at radius 3 is 2.23 bits per heavy atom. The second kappa shape index (κ2) is 4.96. The van der Waals surface area contributed by atoms with E-state index in [4.69, 9.17) is 0 Å². The number of nitro benzene ring substituents is 1. The van der Waals surface area contributed by atoms with Gasteiger partial charge in [0.1, 0.15) is 0 Å². The van der Waals surface area contributed by atoms with Crippen molar-refractivity contribution in [1.82, 2.24) is 0 Å². The fourth-order valence-corrected chi connectivity index (χ4v) is 0.805. The van der Waals surface area contributed by atoms with Gasteiger partial charge in [0, 0.05) is 6.07 Å². The molecule has 1 rings (SSSR count). The third-order valence-electron chi connectivity index (χ3n) is 1.32. The number of carboxylic acids is 1. The predicted molar refractivity (Wildman–Crippen MR) is 37.4 cm³/mol. The first kappa shape index (κ1) is 12.1. The van der Waals surface area contributed by atoms with Gasteiger partial charge in [0.15, 0.2) is 0 Å². The van der Waals surface area contributed by atoms with Crippen LogP contribution in [0.4, 0.5) is 5.69 Å². The standard InChI is InChI=1S/C7H5NO4.Na/c9-7(10)5-3-1-2-4-6(5)8(11)12;/h1-4H,(H,9,10);/q;+1/p-1. The number of para-hydroxylation sites is 1. The molecule has 0 atom stereocenters. The van der Waals surface area contributed by atoms with Crippen LogP contribution in [0.15, 0.2) is 24.3 Å². The fraction of sp³-hybridized carbons (Fsp3) is 0. The molecule has 0 bridgehead atoms. The summed E-state index contributed by atoms with van der Waals surface area (Å²) in [5.74, 6) is -1.54. The van der Waals surface area contributed by atoms with Crippen LogP contribution in [0.2, 0.25) is 0 Å². The monoisotopic (exact) mass is 189 g/mol. The summed E-state index contributed by atoms with van der Waals surface area (Å²) in [6.45, 7) is 0. The molecule has 5 nitrogen and oxygen atoms in total. The molecule has 6 heteroatoms. The van der Waals surface area contributed by atoms with Crippen molar-refractivity contribution < 1.29 is 44.4 Å². The summed E-state index contributed by atoms with van der Waals surface area (Å²) in [7, 11) is 0. The van der Waals surface area contributed by atoms with E-state index in [1.807, 2.05) is 0 Å². The summed E-state index contributed by atoms with van der Waals surface area (Å²) in [6, 6.07) is 5.04. The van der Waals surface area contributed by atoms with Gasteiger partial charge in [0.25, 0.3) is 5.69 Å². The van der Waals surface area contributed by atoms with Crippen LogP contribution in [0, 0.1) is 10.1 Å². The van der Waals surface area contributed by atoms with Gasteiger partial charge >= 0.3 is 29.6 Å². The summed E-state index contributed by atoms with van der Waals surface area (Å²) in [6.07, 6.45) is 0. The molecule has 0 aromatic heterocycles. The number of rotatable bonds is 2. The summed E-state index contributed by atoms with van der Waals surface area (Å²) in [5.41, 5.74) is -0.847. The van der Waals surface area contributed by atoms with Crippen LogP contribution in [0.25, 0.3) is 0 Å². The average Bonchev–Trinajstić information content (AvgIpc) is 2.04. The summed E-state index contributed by atoms with van der Waals surface area (Å²) in [5, 5.41) is 20.6. The van der Waals surface area contributed by atoms with Crippen LogP contribution >= 0.6 is 0 Å². The zero-order chi connectivity index (χ0) is 9.14. The van der Waals surface area contributed by atoms with Crippen molar-refractivity contribution in [2.75, 3.05) is 0 Å². The van der Waals surface area contributed by atoms with E-state index in [1.54, 1.807) is 0 Å². The van der Waals surface area contributed by atoms with Crippen molar-refractivity contribution in [2.24, 2.45) is 0 Å². The number of nitrogens with zero attached hydrogens (tertiary/aromatic N) is 1. The van der Waals surface area contributed by atoms with E-state index < -0.39 is 22.1 Å². The summed E-state index contributed by atoms with van der Waals surface area (Å²) >= 11 is 0. The van der Waals surface area contributed by atoms with Crippen molar-refractivity contribution >= 4 is 11.7 Å². The Balaban J connectivity index is 0.00000144. The first-order chi connectivity index (χ1) is 5.63. The van der Waals surface area contributed by atoms with E-state index in [0.29, 0.717) is 0 Å². The molecule has 0 amide bonds. The Bertz CT molecular complexity index is 306. The molecule has 0 spiro atoms. The molecule has 0 heterocycles. The topological polar surface area (TPSA) is 83.3 Å². The molecule has 62 valence electrons. The maximum atomic E-state index is 10.3. The van der Waals surface area contributed by atoms with Gasteiger partial charge < -0.3 is 9.90 Å². The number of hydrogen-bond acceptors (Lipinski definition) is 4. The third kappa shape index (κ3) is 2.80. The van der Waals surface area contributed by atoms with E-state index in [0.717, 1.165) is 12.1 Å². The molecule has 0 saturated carbocycles. The minimum atomic E-state index is -1.54. The van der Waals surface area contributed by atoms with E-state index in [9.17, 15) is 20.0 Å². The molecule has 1 aromatic carbocycles. The van der Waals surface area contributed by atoms with Crippen molar-refractivity contribution in [3.05, 3.63) is 39.9 Å². The molecule has 13 heavy (non-hydrogen) atoms. The second-order valence-corrected chi connectivity index (χ2v) is 2.06. The molecule has 0 radical (unpaired) electrons. The average molecular weight is 189 g/mol. The van der Waals surface area contributed by atoms with Gasteiger partial charge in [-0.2, -0.15) is 0 Å². The third-order valence-corrected chi connectivity index (χ3v) is 1.32. The van der Waals surface area contributed by atoms with Gasteiger partial charge in [-0.05, 0) is 6.07 Å². The number of nitro groups is 1. The van der Waals surface area contributed by atoms with Crippen molar-refractivity contribution in [1.29, 1.82) is 0 Å². The smallest absolute Gasteiger partial charge is 0.545 e. The van der Waals surface area contributed by atoms with Gasteiger partial charge in [0.05, 0.1) is 16.5 Å². The first-order valence-corrected chi connectivity index (χ1v) is 3.07. The number of benzene rings is 1. The Kier molecular flexibility index (Phi) is 4.61. The van der Waals surface area contributed by atoms with E-state index >= 15 is 0 Å². The maximum absolute atomic E-state index is 10.3. The van der Waals surface area contributed by atoms with Crippen LogP contribution in [0.1, 0.15) is 10.4 Å². The second-order valence-electron chi connectivity index (χ2n) is 2.06. The number of carbonyl (C=O) groups excluding carboxylic acids is 1. The van der Waals surface area contributed by atoms with Crippen molar-refractivity contribution in [2.45, 2.75) is 0 Å². The largest absolute Gasteiger partial charge is 1.00 e. The summed E-state index contributed by atoms with van der Waals surface area (Å²) < 4.78 is 0. The molecule has 0 aliphatic carbocycles. The minimum Gasteiger partial charge on any atom is -0.545 e. The molecule has 0 unspecified atom stereocenters. The molecule has 0 N–H and O–H groups in total. The molecule has 0 fully saturated rings. The first-order valence-electron chi connectivity index (χ1n) is 3.07. The minimum absolute atomic E-state index is 0. The quantitative estimate of drug-likeness (QED) is 0.281. The zero-order valence-corrected chi connectivity index (χ0v) is 8.89. The number of carbonyl (C=O) groups is 1.